The molecule has 1 aliphatic heterocycles. The lowest BCUT2D eigenvalue weighted by Crippen LogP contribution is -2.53. The van der Waals surface area contributed by atoms with Crippen molar-refractivity contribution in [1.82, 2.24) is 24.8 Å². The van der Waals surface area contributed by atoms with Crippen LogP contribution in [0.4, 0.5) is 11.8 Å². The van der Waals surface area contributed by atoms with Crippen LogP contribution in [-0.2, 0) is 16.6 Å². The molecule has 11 nitrogen and oxygen atoms in total. The minimum Gasteiger partial charge on any atom is -0.475 e. The molecule has 1 atom stereocenters. The maximum absolute atomic E-state index is 14.6. The molecular formula is C37H43N7O4S. The molecule has 2 aliphatic carbocycles. The molecule has 4 bridgehead atoms. The van der Waals surface area contributed by atoms with Crippen molar-refractivity contribution in [3.8, 4) is 17.1 Å². The van der Waals surface area contributed by atoms with Gasteiger partial charge in [-0.1, -0.05) is 38.1 Å². The van der Waals surface area contributed by atoms with Gasteiger partial charge in [0.05, 0.1) is 41.3 Å². The molecule has 2 saturated carbocycles. The lowest BCUT2D eigenvalue weighted by Gasteiger charge is -2.49. The van der Waals surface area contributed by atoms with Gasteiger partial charge in [0.15, 0.2) is 0 Å². The third-order valence-corrected chi connectivity index (χ3v) is 11.6. The van der Waals surface area contributed by atoms with E-state index in [-0.39, 0.29) is 58.7 Å². The molecule has 7 rings (SSSR count). The molecule has 1 N–H and O–H groups in total. The number of nitrogens with zero attached hydrogens (tertiary/aromatic N) is 6. The molecule has 3 heterocycles. The van der Waals surface area contributed by atoms with Crippen LogP contribution in [0.5, 0.6) is 5.88 Å². The zero-order valence-electron chi connectivity index (χ0n) is 28.7. The van der Waals surface area contributed by atoms with Crippen LogP contribution in [0, 0.1) is 25.2 Å². The number of benzene rings is 2. The molecule has 4 aromatic rings. The molecular weight excluding hydrogens is 639 g/mol. The lowest BCUT2D eigenvalue weighted by atomic mass is 9.62. The summed E-state index contributed by atoms with van der Waals surface area (Å²) in [6.07, 6.45) is 8.71. The number of amides is 1. The number of sulfonamides is 1. The number of rotatable bonds is 6. The predicted molar refractivity (Wildman–Crippen MR) is 188 cm³/mol. The fourth-order valence-corrected chi connectivity index (χ4v) is 8.42. The summed E-state index contributed by atoms with van der Waals surface area (Å²) in [5.74, 6) is 0.721. The second kappa shape index (κ2) is 12.7. The number of carbonyl (C=O) groups is 1. The van der Waals surface area contributed by atoms with E-state index in [4.69, 9.17) is 9.72 Å². The average Bonchev–Trinajstić information content (AvgIpc) is 3.02. The molecule has 0 spiro atoms. The van der Waals surface area contributed by atoms with E-state index in [1.165, 1.54) is 18.6 Å². The smallest absolute Gasteiger partial charge is 0.264 e. The van der Waals surface area contributed by atoms with Gasteiger partial charge in [-0.15, -0.1) is 0 Å². The Morgan fingerprint density at radius 1 is 1.00 bits per heavy atom. The van der Waals surface area contributed by atoms with E-state index in [0.29, 0.717) is 17.4 Å². The first-order valence-corrected chi connectivity index (χ1v) is 18.4. The van der Waals surface area contributed by atoms with E-state index < -0.39 is 10.0 Å². The van der Waals surface area contributed by atoms with Gasteiger partial charge in [0.1, 0.15) is 12.4 Å². The highest BCUT2D eigenvalue weighted by Crippen LogP contribution is 2.48. The number of hydrogen-bond donors (Lipinski definition) is 1. The molecule has 3 aliphatic rings. The summed E-state index contributed by atoms with van der Waals surface area (Å²) < 4.78 is 36.5. The zero-order valence-corrected chi connectivity index (χ0v) is 29.5. The van der Waals surface area contributed by atoms with Crippen molar-refractivity contribution < 1.29 is 17.9 Å². The van der Waals surface area contributed by atoms with Crippen LogP contribution in [0.25, 0.3) is 11.3 Å². The van der Waals surface area contributed by atoms with Gasteiger partial charge < -0.3 is 14.5 Å². The van der Waals surface area contributed by atoms with Crippen molar-refractivity contribution in [2.24, 2.45) is 11.3 Å². The summed E-state index contributed by atoms with van der Waals surface area (Å²) in [7, 11) is -2.13. The van der Waals surface area contributed by atoms with Crippen molar-refractivity contribution in [1.29, 1.82) is 0 Å². The molecule has 2 aromatic heterocycles. The van der Waals surface area contributed by atoms with Crippen LogP contribution < -0.4 is 14.4 Å². The van der Waals surface area contributed by atoms with Gasteiger partial charge in [-0.3, -0.25) is 9.78 Å². The Morgan fingerprint density at radius 3 is 2.43 bits per heavy atom. The average molecular weight is 682 g/mol. The Morgan fingerprint density at radius 2 is 1.73 bits per heavy atom. The van der Waals surface area contributed by atoms with Crippen LogP contribution in [-0.4, -0.2) is 64.9 Å². The number of aromatic nitrogens is 4. The first-order chi connectivity index (χ1) is 23.4. The number of nitrogens with one attached hydrogen (secondary N) is 1. The monoisotopic (exact) mass is 681 g/mol. The van der Waals surface area contributed by atoms with Crippen molar-refractivity contribution >= 4 is 27.7 Å². The molecule has 2 aromatic carbocycles. The van der Waals surface area contributed by atoms with E-state index >= 15 is 0 Å². The number of anilines is 2. The summed E-state index contributed by atoms with van der Waals surface area (Å²) in [6.45, 7) is 8.77. The Hall–Kier alpha value is -4.58. The Bertz CT molecular complexity index is 1990. The van der Waals surface area contributed by atoms with Crippen LogP contribution in [0.1, 0.15) is 73.1 Å². The summed E-state index contributed by atoms with van der Waals surface area (Å²) in [6, 6.07) is 13.9. The molecule has 1 amide bonds. The maximum Gasteiger partial charge on any atom is 0.264 e. The quantitative estimate of drug-likeness (QED) is 0.254. The predicted octanol–water partition coefficient (Wildman–Crippen LogP) is 6.18. The second-order valence-electron chi connectivity index (χ2n) is 14.5. The van der Waals surface area contributed by atoms with Crippen LogP contribution in [0.2, 0.25) is 0 Å². The summed E-state index contributed by atoms with van der Waals surface area (Å²) in [4.78, 5) is 37.1. The number of carbonyl (C=O) groups excluding carboxylic acids is 1. The highest BCUT2D eigenvalue weighted by molar-refractivity contribution is 7.92. The van der Waals surface area contributed by atoms with E-state index in [0.717, 1.165) is 48.2 Å². The highest BCUT2D eigenvalue weighted by Gasteiger charge is 2.44. The van der Waals surface area contributed by atoms with E-state index in [1.807, 2.05) is 39.1 Å². The number of aryl methyl sites for hydroxylation is 2. The zero-order chi connectivity index (χ0) is 34.5. The van der Waals surface area contributed by atoms with Gasteiger partial charge in [0, 0.05) is 30.3 Å². The van der Waals surface area contributed by atoms with E-state index in [1.54, 1.807) is 35.5 Å². The highest BCUT2D eigenvalue weighted by atomic mass is 32.2. The normalized spacial score (nSPS) is 20.4. The summed E-state index contributed by atoms with van der Waals surface area (Å²) in [5, 5.41) is 0. The minimum atomic E-state index is -4.17. The van der Waals surface area contributed by atoms with Crippen molar-refractivity contribution in [3.05, 3.63) is 83.3 Å². The molecule has 0 saturated heterocycles. The third-order valence-electron chi connectivity index (χ3n) is 10.3. The Balaban J connectivity index is 1.33. The van der Waals surface area contributed by atoms with Crippen LogP contribution >= 0.6 is 0 Å². The maximum atomic E-state index is 14.6. The fraction of sp³-hybridized carbons (Fsp3) is 0.432. The molecule has 49 heavy (non-hydrogen) atoms. The topological polar surface area (TPSA) is 131 Å². The van der Waals surface area contributed by atoms with Gasteiger partial charge in [-0.25, -0.2) is 23.1 Å². The fourth-order valence-electron chi connectivity index (χ4n) is 7.43. The molecule has 2 fully saturated rings. The Kier molecular flexibility index (Phi) is 8.54. The minimum absolute atomic E-state index is 0.0636. The van der Waals surface area contributed by atoms with E-state index in [9.17, 15) is 13.2 Å². The van der Waals surface area contributed by atoms with Gasteiger partial charge in [-0.05, 0) is 86.6 Å². The van der Waals surface area contributed by atoms with Gasteiger partial charge >= 0.3 is 0 Å². The summed E-state index contributed by atoms with van der Waals surface area (Å²) >= 11 is 0. The molecule has 0 unspecified atom stereocenters. The van der Waals surface area contributed by atoms with Crippen molar-refractivity contribution in [2.75, 3.05) is 23.3 Å². The summed E-state index contributed by atoms with van der Waals surface area (Å²) in [5.41, 5.74) is 4.42. The second-order valence-corrected chi connectivity index (χ2v) is 16.2. The van der Waals surface area contributed by atoms with Gasteiger partial charge in [-0.2, -0.15) is 4.98 Å². The number of fused-ring (bicyclic) bond motifs is 4. The Labute approximate surface area is 288 Å². The number of hydrogen-bond acceptors (Lipinski definition) is 9. The van der Waals surface area contributed by atoms with E-state index in [2.05, 4.69) is 38.4 Å². The SMILES string of the molecule is Cc1cccc(C)c1-c1cc2nc(n1)NS(=O)(=O)c1cccc(c1)C(=O)N(Cc1cncc(N(C)C3CCC3)n1)[C@@H](C1CC(C)(C)C1)CO2. The van der Waals surface area contributed by atoms with Crippen LogP contribution in [0.3, 0.4) is 0 Å². The first-order valence-electron chi connectivity index (χ1n) is 16.9. The standard InChI is InChI=1S/C37H43N7O4S/c1-23-9-6-10-24(2)34(23)30-16-33-41-36(40-30)42-49(46,47)29-14-7-11-25(15-29)35(45)44(31(22-48-33)26-17-37(3,4)18-26)21-27-19-38-20-32(39-27)43(5)28-12-8-13-28/h6-7,9-11,14-16,19-20,26,28,31H,8,12-13,17-18,21-22H2,1-5H3,(H,40,41,42)/t31-/m1/s1. The number of ether oxygens (including phenoxy) is 1. The van der Waals surface area contributed by atoms with Crippen molar-refractivity contribution in [3.63, 3.8) is 0 Å². The van der Waals surface area contributed by atoms with Crippen molar-refractivity contribution in [2.45, 2.75) is 83.3 Å². The molecule has 256 valence electrons. The van der Waals surface area contributed by atoms with Gasteiger partial charge in [0.25, 0.3) is 15.9 Å². The third kappa shape index (κ3) is 6.70. The molecule has 12 heteroatoms. The first kappa shape index (κ1) is 32.9. The van der Waals surface area contributed by atoms with Gasteiger partial charge in [0.2, 0.25) is 11.8 Å². The van der Waals surface area contributed by atoms with Crippen LogP contribution in [0.15, 0.2) is 65.8 Å². The largest absolute Gasteiger partial charge is 0.475 e. The lowest BCUT2D eigenvalue weighted by molar-refractivity contribution is -0.00721. The molecule has 0 radical (unpaired) electrons.